The second-order valence-corrected chi connectivity index (χ2v) is 9.24. The molecule has 34 heavy (non-hydrogen) atoms. The third-order valence-corrected chi connectivity index (χ3v) is 6.76. The molecule has 2 aliphatic carbocycles. The number of hydrogen-bond acceptors (Lipinski definition) is 7. The van der Waals surface area contributed by atoms with Crippen LogP contribution in [0.2, 0.25) is 0 Å². The number of carbonyl (C=O) groups is 1. The SMILES string of the molecule is Cl.O=C(NCCCNc1nc(Nc2ccc(N3CCOCC3)cc2)ncc1C1CC1)C1CCC1. The zero-order valence-corrected chi connectivity index (χ0v) is 20.4. The number of halogens is 1. The van der Waals surface area contributed by atoms with E-state index >= 15 is 0 Å². The number of morpholine rings is 1. The minimum absolute atomic E-state index is 0. The molecular formula is C25H35ClN6O2. The predicted octanol–water partition coefficient (Wildman–Crippen LogP) is 4.07. The number of benzene rings is 1. The molecule has 0 atom stereocenters. The lowest BCUT2D eigenvalue weighted by Crippen LogP contribution is -2.36. The number of aromatic nitrogens is 2. The Morgan fingerprint density at radius 3 is 2.50 bits per heavy atom. The zero-order chi connectivity index (χ0) is 22.5. The molecule has 3 N–H and O–H groups in total. The number of nitrogens with one attached hydrogen (secondary N) is 3. The van der Waals surface area contributed by atoms with Crippen molar-refractivity contribution < 1.29 is 9.53 Å². The normalized spacial score (nSPS) is 17.9. The van der Waals surface area contributed by atoms with Crippen molar-refractivity contribution in [1.29, 1.82) is 0 Å². The molecule has 0 unspecified atom stereocenters. The highest BCUT2D eigenvalue weighted by Crippen LogP contribution is 2.42. The Balaban J connectivity index is 0.00000274. The van der Waals surface area contributed by atoms with Crippen molar-refractivity contribution in [2.24, 2.45) is 5.92 Å². The summed E-state index contributed by atoms with van der Waals surface area (Å²) in [5, 5.41) is 9.88. The summed E-state index contributed by atoms with van der Waals surface area (Å²) in [6.07, 6.45) is 8.50. The van der Waals surface area contributed by atoms with Crippen LogP contribution in [0.4, 0.5) is 23.1 Å². The fourth-order valence-electron chi connectivity index (χ4n) is 4.31. The summed E-state index contributed by atoms with van der Waals surface area (Å²) in [5.41, 5.74) is 3.37. The van der Waals surface area contributed by atoms with Gasteiger partial charge in [0.25, 0.3) is 0 Å². The number of rotatable bonds is 10. The lowest BCUT2D eigenvalue weighted by atomic mass is 9.85. The average molecular weight is 487 g/mol. The van der Waals surface area contributed by atoms with Gasteiger partial charge in [-0.1, -0.05) is 6.42 Å². The van der Waals surface area contributed by atoms with E-state index in [1.54, 1.807) is 0 Å². The minimum Gasteiger partial charge on any atom is -0.378 e. The van der Waals surface area contributed by atoms with Crippen molar-refractivity contribution in [3.05, 3.63) is 36.0 Å². The fourth-order valence-corrected chi connectivity index (χ4v) is 4.31. The van der Waals surface area contributed by atoms with Crippen LogP contribution in [0.3, 0.4) is 0 Å². The highest BCUT2D eigenvalue weighted by Gasteiger charge is 2.28. The maximum Gasteiger partial charge on any atom is 0.229 e. The van der Waals surface area contributed by atoms with E-state index in [2.05, 4.69) is 50.1 Å². The van der Waals surface area contributed by atoms with E-state index in [4.69, 9.17) is 9.72 Å². The van der Waals surface area contributed by atoms with Crippen LogP contribution in [0.25, 0.3) is 0 Å². The molecular weight excluding hydrogens is 452 g/mol. The van der Waals surface area contributed by atoms with Crippen molar-refractivity contribution in [1.82, 2.24) is 15.3 Å². The van der Waals surface area contributed by atoms with Crippen LogP contribution in [0, 0.1) is 5.92 Å². The Kier molecular flexibility index (Phi) is 8.45. The first-order valence-corrected chi connectivity index (χ1v) is 12.3. The number of ether oxygens (including phenoxy) is 1. The van der Waals surface area contributed by atoms with Crippen LogP contribution in [-0.4, -0.2) is 55.3 Å². The van der Waals surface area contributed by atoms with E-state index in [9.17, 15) is 4.79 Å². The summed E-state index contributed by atoms with van der Waals surface area (Å²) in [6.45, 7) is 4.89. The van der Waals surface area contributed by atoms with Crippen molar-refractivity contribution in [3.8, 4) is 0 Å². The molecule has 1 aromatic heterocycles. The predicted molar refractivity (Wildman–Crippen MR) is 137 cm³/mol. The van der Waals surface area contributed by atoms with Gasteiger partial charge >= 0.3 is 0 Å². The number of hydrogen-bond donors (Lipinski definition) is 3. The second kappa shape index (κ2) is 11.7. The third-order valence-electron chi connectivity index (χ3n) is 6.76. The summed E-state index contributed by atoms with van der Waals surface area (Å²) in [7, 11) is 0. The Bertz CT molecular complexity index is 943. The number of anilines is 4. The standard InChI is InChI=1S/C25H34N6O2.ClH/c32-24(19-3-1-4-19)27-12-2-11-26-23-22(18-5-6-18)17-28-25(30-23)29-20-7-9-21(10-8-20)31-13-15-33-16-14-31;/h7-10,17-19H,1-6,11-16H2,(H,27,32)(H2,26,28,29,30);1H. The molecule has 0 bridgehead atoms. The van der Waals surface area contributed by atoms with E-state index in [1.165, 1.54) is 30.5 Å². The number of amides is 1. The van der Waals surface area contributed by atoms with Gasteiger partial charge in [-0.15, -0.1) is 12.4 Å². The Morgan fingerprint density at radius 1 is 1.06 bits per heavy atom. The van der Waals surface area contributed by atoms with Crippen molar-refractivity contribution >= 4 is 41.5 Å². The van der Waals surface area contributed by atoms with Crippen LogP contribution in [0.5, 0.6) is 0 Å². The topological polar surface area (TPSA) is 91.4 Å². The van der Waals surface area contributed by atoms with E-state index in [1.807, 2.05) is 6.20 Å². The Hall–Kier alpha value is -2.58. The first kappa shape index (κ1) is 24.5. The van der Waals surface area contributed by atoms with Gasteiger partial charge in [-0.25, -0.2) is 4.98 Å². The van der Waals surface area contributed by atoms with Gasteiger partial charge in [-0.2, -0.15) is 4.98 Å². The summed E-state index contributed by atoms with van der Waals surface area (Å²) in [5.74, 6) is 2.53. The molecule has 184 valence electrons. The van der Waals surface area contributed by atoms with Gasteiger partial charge in [0.15, 0.2) is 0 Å². The molecule has 9 heteroatoms. The van der Waals surface area contributed by atoms with Gasteiger partial charge in [-0.05, 0) is 62.3 Å². The highest BCUT2D eigenvalue weighted by molar-refractivity contribution is 5.85. The molecule has 0 radical (unpaired) electrons. The van der Waals surface area contributed by atoms with E-state index in [-0.39, 0.29) is 24.2 Å². The first-order valence-electron chi connectivity index (χ1n) is 12.3. The zero-order valence-electron chi connectivity index (χ0n) is 19.6. The second-order valence-electron chi connectivity index (χ2n) is 9.24. The minimum atomic E-state index is 0. The van der Waals surface area contributed by atoms with Crippen molar-refractivity contribution in [2.75, 3.05) is 54.9 Å². The van der Waals surface area contributed by atoms with E-state index in [0.29, 0.717) is 18.4 Å². The maximum absolute atomic E-state index is 12.0. The van der Waals surface area contributed by atoms with Gasteiger partial charge in [0.1, 0.15) is 5.82 Å². The first-order chi connectivity index (χ1) is 16.3. The van der Waals surface area contributed by atoms with Gasteiger partial charge in [0, 0.05) is 55.2 Å². The monoisotopic (exact) mass is 486 g/mol. The molecule has 3 fully saturated rings. The molecule has 1 aromatic carbocycles. The van der Waals surface area contributed by atoms with E-state index in [0.717, 1.165) is 63.6 Å². The Labute approximate surface area is 207 Å². The fraction of sp³-hybridized carbons (Fsp3) is 0.560. The molecule has 1 saturated heterocycles. The lowest BCUT2D eigenvalue weighted by Gasteiger charge is -2.28. The van der Waals surface area contributed by atoms with Crippen LogP contribution >= 0.6 is 12.4 Å². The van der Waals surface area contributed by atoms with E-state index < -0.39 is 0 Å². The summed E-state index contributed by atoms with van der Waals surface area (Å²) in [6, 6.07) is 8.40. The number of carbonyl (C=O) groups excluding carboxylic acids is 1. The summed E-state index contributed by atoms with van der Waals surface area (Å²) >= 11 is 0. The molecule has 0 spiro atoms. The van der Waals surface area contributed by atoms with Crippen LogP contribution < -0.4 is 20.9 Å². The van der Waals surface area contributed by atoms with Crippen molar-refractivity contribution in [3.63, 3.8) is 0 Å². The summed E-state index contributed by atoms with van der Waals surface area (Å²) < 4.78 is 5.44. The molecule has 2 heterocycles. The summed E-state index contributed by atoms with van der Waals surface area (Å²) in [4.78, 5) is 23.7. The van der Waals surface area contributed by atoms with Crippen LogP contribution in [0.15, 0.2) is 30.5 Å². The molecule has 2 aromatic rings. The maximum atomic E-state index is 12.0. The molecule has 1 aliphatic heterocycles. The molecule has 1 amide bonds. The lowest BCUT2D eigenvalue weighted by molar-refractivity contribution is -0.127. The molecule has 5 rings (SSSR count). The largest absolute Gasteiger partial charge is 0.378 e. The number of nitrogens with zero attached hydrogens (tertiary/aromatic N) is 3. The molecule has 3 aliphatic rings. The Morgan fingerprint density at radius 2 is 1.82 bits per heavy atom. The molecule has 8 nitrogen and oxygen atoms in total. The van der Waals surface area contributed by atoms with Gasteiger partial charge in [-0.3, -0.25) is 4.79 Å². The quantitative estimate of drug-likeness (QED) is 0.436. The van der Waals surface area contributed by atoms with Gasteiger partial charge < -0.3 is 25.6 Å². The van der Waals surface area contributed by atoms with Crippen molar-refractivity contribution in [2.45, 2.75) is 44.4 Å². The smallest absolute Gasteiger partial charge is 0.229 e. The van der Waals surface area contributed by atoms with Crippen LogP contribution in [0.1, 0.15) is 50.0 Å². The van der Waals surface area contributed by atoms with Crippen LogP contribution in [-0.2, 0) is 9.53 Å². The highest BCUT2D eigenvalue weighted by atomic mass is 35.5. The molecule has 2 saturated carbocycles. The average Bonchev–Trinajstić information content (AvgIpc) is 3.64. The van der Waals surface area contributed by atoms with Gasteiger partial charge in [0.2, 0.25) is 11.9 Å². The third kappa shape index (κ3) is 6.30. The van der Waals surface area contributed by atoms with Gasteiger partial charge in [0.05, 0.1) is 13.2 Å².